The van der Waals surface area contributed by atoms with Crippen molar-refractivity contribution < 1.29 is 33.5 Å². The number of hydroxylamine groups is 2. The topological polar surface area (TPSA) is 111 Å². The Morgan fingerprint density at radius 3 is 2.21 bits per heavy atom. The Morgan fingerprint density at radius 1 is 1.06 bits per heavy atom. The minimum Gasteiger partial charge on any atom is -0.445 e. The Kier molecular flexibility index (Phi) is 6.49. The van der Waals surface area contributed by atoms with Crippen LogP contribution in [0.3, 0.4) is 0 Å². The minimum absolute atomic E-state index is 0.00514. The Bertz CT molecular complexity index is 970. The van der Waals surface area contributed by atoms with Gasteiger partial charge in [-0.05, 0) is 51.5 Å². The lowest BCUT2D eigenvalue weighted by Crippen LogP contribution is -2.53. The van der Waals surface area contributed by atoms with Crippen LogP contribution in [0.2, 0.25) is 0 Å². The number of carbonyl (C=O) groups is 4. The molecule has 0 unspecified atom stereocenters. The fourth-order valence-corrected chi connectivity index (χ4v) is 5.00. The first-order valence-corrected chi connectivity index (χ1v) is 11.5. The molecule has 2 bridgehead atoms. The number of benzene rings is 1. The van der Waals surface area contributed by atoms with Gasteiger partial charge in [-0.25, -0.2) is 9.59 Å². The summed E-state index contributed by atoms with van der Waals surface area (Å²) in [6, 6.07) is 7.77. The molecule has 4 rings (SSSR count). The Balaban J connectivity index is 1.44. The van der Waals surface area contributed by atoms with Crippen LogP contribution < -0.4 is 5.32 Å². The van der Waals surface area contributed by atoms with Crippen LogP contribution in [-0.4, -0.2) is 46.7 Å². The van der Waals surface area contributed by atoms with Gasteiger partial charge in [-0.1, -0.05) is 42.5 Å². The number of nitrogens with zero attached hydrogens (tertiary/aromatic N) is 1. The molecular formula is C25H30N2O7. The highest BCUT2D eigenvalue weighted by molar-refractivity contribution is 6.06. The molecule has 182 valence electrons. The molecule has 34 heavy (non-hydrogen) atoms. The average molecular weight is 471 g/mol. The molecule has 1 aromatic carbocycles. The van der Waals surface area contributed by atoms with Crippen LogP contribution in [0, 0.1) is 23.7 Å². The number of hydrogen-bond donors (Lipinski definition) is 1. The largest absolute Gasteiger partial charge is 0.445 e. The molecule has 2 fully saturated rings. The number of imide groups is 1. The summed E-state index contributed by atoms with van der Waals surface area (Å²) < 4.78 is 11.1. The van der Waals surface area contributed by atoms with Crippen molar-refractivity contribution in [2.75, 3.05) is 0 Å². The number of ether oxygens (including phenoxy) is 2. The molecule has 0 radical (unpaired) electrons. The van der Waals surface area contributed by atoms with E-state index in [4.69, 9.17) is 14.3 Å². The van der Waals surface area contributed by atoms with Crippen molar-refractivity contribution in [1.82, 2.24) is 10.4 Å². The summed E-state index contributed by atoms with van der Waals surface area (Å²) in [4.78, 5) is 56.6. The van der Waals surface area contributed by atoms with Gasteiger partial charge < -0.3 is 19.6 Å². The van der Waals surface area contributed by atoms with Gasteiger partial charge in [0, 0.05) is 0 Å². The van der Waals surface area contributed by atoms with Crippen LogP contribution in [0.1, 0.15) is 39.7 Å². The number of fused-ring (bicyclic) bond motifs is 5. The van der Waals surface area contributed by atoms with Gasteiger partial charge in [-0.15, -0.1) is 5.06 Å². The summed E-state index contributed by atoms with van der Waals surface area (Å²) in [7, 11) is 0. The molecule has 1 saturated carbocycles. The zero-order valence-corrected chi connectivity index (χ0v) is 19.7. The maximum Gasteiger partial charge on any atom is 0.408 e. The lowest BCUT2D eigenvalue weighted by molar-refractivity contribution is -0.204. The highest BCUT2D eigenvalue weighted by Gasteiger charge is 2.61. The maximum atomic E-state index is 13.1. The van der Waals surface area contributed by atoms with Crippen molar-refractivity contribution in [2.24, 2.45) is 23.7 Å². The van der Waals surface area contributed by atoms with Crippen molar-refractivity contribution in [1.29, 1.82) is 0 Å². The van der Waals surface area contributed by atoms with Crippen LogP contribution in [0.15, 0.2) is 42.5 Å². The first-order chi connectivity index (χ1) is 16.0. The smallest absolute Gasteiger partial charge is 0.408 e. The summed E-state index contributed by atoms with van der Waals surface area (Å²) in [6.07, 6.45) is 2.99. The molecule has 1 aromatic rings. The van der Waals surface area contributed by atoms with Crippen molar-refractivity contribution in [3.05, 3.63) is 48.0 Å². The van der Waals surface area contributed by atoms with Gasteiger partial charge in [0.15, 0.2) is 6.04 Å². The lowest BCUT2D eigenvalue weighted by atomic mass is 9.85. The summed E-state index contributed by atoms with van der Waals surface area (Å²) in [6.45, 7) is 7.01. The Hall–Kier alpha value is -3.20. The van der Waals surface area contributed by atoms with E-state index in [2.05, 4.69) is 5.32 Å². The average Bonchev–Trinajstić information content (AvgIpc) is 3.45. The first-order valence-electron chi connectivity index (χ1n) is 11.5. The van der Waals surface area contributed by atoms with E-state index in [0.29, 0.717) is 5.06 Å². The molecule has 3 amide bonds. The number of alkyl carbamates (subject to hydrolysis) is 1. The predicted molar refractivity (Wildman–Crippen MR) is 120 cm³/mol. The quantitative estimate of drug-likeness (QED) is 0.482. The molecule has 6 atom stereocenters. The monoisotopic (exact) mass is 470 g/mol. The lowest BCUT2D eigenvalue weighted by Gasteiger charge is -2.30. The highest BCUT2D eigenvalue weighted by atomic mass is 16.7. The molecule has 1 N–H and O–H groups in total. The van der Waals surface area contributed by atoms with Crippen molar-refractivity contribution in [2.45, 2.75) is 58.5 Å². The predicted octanol–water partition coefficient (Wildman–Crippen LogP) is 2.75. The van der Waals surface area contributed by atoms with Gasteiger partial charge in [-0.2, -0.15) is 0 Å². The molecule has 1 aliphatic heterocycles. The third-order valence-corrected chi connectivity index (χ3v) is 6.36. The number of nitrogens with one attached hydrogen (secondary N) is 1. The zero-order valence-electron chi connectivity index (χ0n) is 19.7. The molecule has 2 aliphatic carbocycles. The van der Waals surface area contributed by atoms with Gasteiger partial charge in [0.1, 0.15) is 6.61 Å². The highest BCUT2D eigenvalue weighted by Crippen LogP contribution is 2.52. The molecule has 9 nitrogen and oxygen atoms in total. The van der Waals surface area contributed by atoms with Gasteiger partial charge >= 0.3 is 12.1 Å². The maximum absolute atomic E-state index is 13.1. The number of amides is 3. The Morgan fingerprint density at radius 2 is 1.65 bits per heavy atom. The van der Waals surface area contributed by atoms with Crippen LogP contribution in [0.25, 0.3) is 0 Å². The second-order valence-electron chi connectivity index (χ2n) is 10.0. The van der Waals surface area contributed by atoms with E-state index in [1.165, 1.54) is 0 Å². The molecule has 1 heterocycles. The van der Waals surface area contributed by atoms with Crippen LogP contribution in [-0.2, 0) is 35.3 Å². The van der Waals surface area contributed by atoms with E-state index in [1.54, 1.807) is 39.8 Å². The molecule has 1 saturated heterocycles. The first kappa shape index (κ1) is 23.9. The van der Waals surface area contributed by atoms with E-state index in [-0.39, 0.29) is 18.4 Å². The second-order valence-corrected chi connectivity index (χ2v) is 10.0. The Labute approximate surface area is 198 Å². The number of carbonyl (C=O) groups excluding carboxylic acids is 4. The minimum atomic E-state index is -1.31. The van der Waals surface area contributed by atoms with Gasteiger partial charge in [0.05, 0.1) is 23.5 Å². The summed E-state index contributed by atoms with van der Waals surface area (Å²) >= 11 is 0. The molecular weight excluding hydrogens is 440 g/mol. The van der Waals surface area contributed by atoms with Crippen LogP contribution >= 0.6 is 0 Å². The summed E-state index contributed by atoms with van der Waals surface area (Å²) in [5.74, 6) is -3.04. The molecule has 9 heteroatoms. The third-order valence-electron chi connectivity index (χ3n) is 6.36. The van der Waals surface area contributed by atoms with Crippen LogP contribution in [0.4, 0.5) is 4.79 Å². The fraction of sp³-hybridized carbons (Fsp3) is 0.520. The van der Waals surface area contributed by atoms with E-state index in [9.17, 15) is 19.2 Å². The van der Waals surface area contributed by atoms with Gasteiger partial charge in [-0.3, -0.25) is 9.59 Å². The summed E-state index contributed by atoms with van der Waals surface area (Å²) in [5.41, 5.74) is 0.146. The van der Waals surface area contributed by atoms with Crippen molar-refractivity contribution >= 4 is 23.9 Å². The van der Waals surface area contributed by atoms with Gasteiger partial charge in [0.2, 0.25) is 0 Å². The van der Waals surface area contributed by atoms with Crippen LogP contribution in [0.5, 0.6) is 0 Å². The van der Waals surface area contributed by atoms with E-state index in [1.807, 2.05) is 30.4 Å². The standard InChI is InChI=1S/C25H30N2O7/c1-14(33-25(2,3)4)20(26-24(31)32-13-15-8-6-5-7-9-15)23(30)34-27-21(28)18-16-10-11-17(12-16)19(18)22(27)29/h5-11,14,16-20H,12-13H2,1-4H3,(H,26,31)/t14-,16-,17-,18-,19+,20-/m0/s1. The van der Waals surface area contributed by atoms with E-state index in [0.717, 1.165) is 12.0 Å². The zero-order chi connectivity index (χ0) is 24.6. The SMILES string of the molecule is C[C@H](OC(C)(C)C)[C@H](NC(=O)OCc1ccccc1)C(=O)ON1C(=O)[C@@H]2[C@H](C1=O)[C@H]1C=C[C@H]2C1. The summed E-state index contributed by atoms with van der Waals surface area (Å²) in [5, 5.41) is 3.04. The molecule has 0 spiro atoms. The molecule has 3 aliphatic rings. The molecule has 0 aromatic heterocycles. The van der Waals surface area contributed by atoms with E-state index < -0.39 is 53.5 Å². The number of hydrogen-bond acceptors (Lipinski definition) is 7. The number of rotatable bonds is 7. The second kappa shape index (κ2) is 9.21. The number of allylic oxidation sites excluding steroid dienone is 2. The van der Waals surface area contributed by atoms with Gasteiger partial charge in [0.25, 0.3) is 11.8 Å². The van der Waals surface area contributed by atoms with E-state index >= 15 is 0 Å². The van der Waals surface area contributed by atoms with Crippen molar-refractivity contribution in [3.63, 3.8) is 0 Å². The normalized spacial score (nSPS) is 26.9. The third kappa shape index (κ3) is 4.84. The van der Waals surface area contributed by atoms with Crippen molar-refractivity contribution in [3.8, 4) is 0 Å². The fourth-order valence-electron chi connectivity index (χ4n) is 5.00.